The maximum Gasteiger partial charge on any atom is 0.318 e. The van der Waals surface area contributed by atoms with E-state index in [1.165, 1.54) is 13.2 Å². The van der Waals surface area contributed by atoms with Gasteiger partial charge in [0, 0.05) is 0 Å². The van der Waals surface area contributed by atoms with Gasteiger partial charge in [-0.2, -0.15) is 0 Å². The number of rotatable bonds is 5. The van der Waals surface area contributed by atoms with E-state index in [4.69, 9.17) is 9.47 Å². The van der Waals surface area contributed by atoms with Crippen molar-refractivity contribution in [2.45, 2.75) is 27.2 Å². The summed E-state index contributed by atoms with van der Waals surface area (Å²) in [6.45, 7) is 5.26. The molecule has 0 radical (unpaired) electrons. The lowest BCUT2D eigenvalue weighted by Gasteiger charge is -2.02. The number of esters is 1. The van der Waals surface area contributed by atoms with Crippen molar-refractivity contribution in [2.75, 3.05) is 6.61 Å². The highest BCUT2D eigenvalue weighted by Crippen LogP contribution is 1.99. The van der Waals surface area contributed by atoms with Crippen LogP contribution in [0.5, 0.6) is 0 Å². The Bertz CT molecular complexity index is 218. The van der Waals surface area contributed by atoms with Crippen LogP contribution in [-0.4, -0.2) is 18.4 Å². The fourth-order valence-corrected chi connectivity index (χ4v) is 0.644. The van der Waals surface area contributed by atoms with Crippen LogP contribution in [0.2, 0.25) is 0 Å². The molecule has 0 saturated heterocycles. The maximum atomic E-state index is 10.9. The second-order valence-electron chi connectivity index (χ2n) is 2.54. The third-order valence-electron chi connectivity index (χ3n) is 1.08. The van der Waals surface area contributed by atoms with Crippen LogP contribution in [-0.2, 0) is 19.1 Å². The summed E-state index contributed by atoms with van der Waals surface area (Å²) in [5.74, 6) is -0.414. The molecule has 13 heavy (non-hydrogen) atoms. The van der Waals surface area contributed by atoms with Gasteiger partial charge in [0.2, 0.25) is 0 Å². The van der Waals surface area contributed by atoms with Crippen LogP contribution in [0, 0.1) is 0 Å². The Morgan fingerprint density at radius 2 is 1.92 bits per heavy atom. The lowest BCUT2D eigenvalue weighted by molar-refractivity contribution is -0.142. The first-order valence-corrected chi connectivity index (χ1v) is 4.04. The van der Waals surface area contributed by atoms with Crippen LogP contribution in [0.15, 0.2) is 12.0 Å². The summed E-state index contributed by atoms with van der Waals surface area (Å²) in [6.07, 6.45) is 1.15. The number of ether oxygens (including phenoxy) is 2. The Hall–Kier alpha value is -1.32. The molecule has 4 nitrogen and oxygen atoms in total. The van der Waals surface area contributed by atoms with Gasteiger partial charge in [-0.25, -0.2) is 0 Å². The number of carbonyl (C=O) groups excluding carboxylic acids is 2. The Labute approximate surface area is 77.5 Å². The summed E-state index contributed by atoms with van der Waals surface area (Å²) in [5.41, 5.74) is 0. The van der Waals surface area contributed by atoms with Gasteiger partial charge in [0.15, 0.2) is 0 Å². The highest BCUT2D eigenvalue weighted by atomic mass is 16.6. The molecule has 0 bridgehead atoms. The van der Waals surface area contributed by atoms with Gasteiger partial charge in [0.25, 0.3) is 0 Å². The third kappa shape index (κ3) is 7.05. The Morgan fingerprint density at radius 3 is 2.38 bits per heavy atom. The van der Waals surface area contributed by atoms with Crippen LogP contribution in [0.4, 0.5) is 0 Å². The second-order valence-corrected chi connectivity index (χ2v) is 2.54. The van der Waals surface area contributed by atoms with Crippen molar-refractivity contribution in [3.63, 3.8) is 0 Å². The molecule has 0 aliphatic carbocycles. The highest BCUT2D eigenvalue weighted by Gasteiger charge is 2.06. The van der Waals surface area contributed by atoms with Gasteiger partial charge >= 0.3 is 5.97 Å². The van der Waals surface area contributed by atoms with Gasteiger partial charge in [0.05, 0.1) is 6.61 Å². The summed E-state index contributed by atoms with van der Waals surface area (Å²) in [5, 5.41) is 0. The fourth-order valence-electron chi connectivity index (χ4n) is 0.644. The van der Waals surface area contributed by atoms with Crippen molar-refractivity contribution in [3.8, 4) is 0 Å². The normalized spacial score (nSPS) is 10.8. The van der Waals surface area contributed by atoms with Crippen LogP contribution in [0.3, 0.4) is 0 Å². The summed E-state index contributed by atoms with van der Waals surface area (Å²) in [4.78, 5) is 21.4. The summed E-state index contributed by atoms with van der Waals surface area (Å²) >= 11 is 0. The van der Waals surface area contributed by atoms with E-state index in [1.807, 2.05) is 6.92 Å². The van der Waals surface area contributed by atoms with E-state index >= 15 is 0 Å². The number of hydrogen-bond acceptors (Lipinski definition) is 4. The monoisotopic (exact) mass is 186 g/mol. The molecule has 0 atom stereocenters. The molecule has 0 N–H and O–H groups in total. The van der Waals surface area contributed by atoms with Crippen molar-refractivity contribution in [1.29, 1.82) is 0 Å². The molecule has 0 aliphatic rings. The van der Waals surface area contributed by atoms with Crippen molar-refractivity contribution < 1.29 is 19.1 Å². The van der Waals surface area contributed by atoms with E-state index in [-0.39, 0.29) is 12.2 Å². The largest absolute Gasteiger partial charge is 0.498 e. The van der Waals surface area contributed by atoms with Crippen LogP contribution in [0.1, 0.15) is 27.2 Å². The molecule has 0 rings (SSSR count). The van der Waals surface area contributed by atoms with E-state index in [1.54, 1.807) is 6.92 Å². The molecule has 0 aromatic heterocycles. The molecule has 0 heterocycles. The summed E-state index contributed by atoms with van der Waals surface area (Å²) < 4.78 is 9.62. The maximum absolute atomic E-state index is 10.9. The summed E-state index contributed by atoms with van der Waals surface area (Å²) in [6, 6.07) is 0. The van der Waals surface area contributed by atoms with Gasteiger partial charge in [-0.05, 0) is 20.8 Å². The van der Waals surface area contributed by atoms with E-state index in [0.717, 1.165) is 0 Å². The Kier molecular flexibility index (Phi) is 5.59. The number of Topliss-reactive ketones (excluding diaryl/α,β-unsaturated/α-hetero) is 1. The third-order valence-corrected chi connectivity index (χ3v) is 1.08. The first kappa shape index (κ1) is 11.7. The molecule has 0 saturated carbocycles. The number of hydrogen-bond donors (Lipinski definition) is 0. The minimum atomic E-state index is -0.555. The topological polar surface area (TPSA) is 52.6 Å². The zero-order valence-electron chi connectivity index (χ0n) is 8.12. The number of allylic oxidation sites excluding steroid dienone is 1. The Balaban J connectivity index is 3.84. The van der Waals surface area contributed by atoms with Crippen molar-refractivity contribution >= 4 is 11.8 Å². The molecule has 74 valence electrons. The molecule has 0 unspecified atom stereocenters. The minimum absolute atomic E-state index is 0.197. The molecule has 4 heteroatoms. The standard InChI is InChI=1S/C9H14O4/c1-4-12-6-8(3)13-9(11)5-7(2)10/h6H,4-5H2,1-3H3. The van der Waals surface area contributed by atoms with E-state index < -0.39 is 5.97 Å². The van der Waals surface area contributed by atoms with E-state index in [2.05, 4.69) is 0 Å². The lowest BCUT2D eigenvalue weighted by Crippen LogP contribution is -2.07. The molecular weight excluding hydrogens is 172 g/mol. The zero-order chi connectivity index (χ0) is 10.3. The van der Waals surface area contributed by atoms with Crippen molar-refractivity contribution in [2.24, 2.45) is 0 Å². The average Bonchev–Trinajstić information content (AvgIpc) is 1.98. The fraction of sp³-hybridized carbons (Fsp3) is 0.556. The van der Waals surface area contributed by atoms with Gasteiger partial charge in [-0.3, -0.25) is 9.59 Å². The Morgan fingerprint density at radius 1 is 1.31 bits per heavy atom. The minimum Gasteiger partial charge on any atom is -0.498 e. The second kappa shape index (κ2) is 6.22. The van der Waals surface area contributed by atoms with Gasteiger partial charge < -0.3 is 9.47 Å². The molecule has 0 spiro atoms. The van der Waals surface area contributed by atoms with Crippen LogP contribution >= 0.6 is 0 Å². The molecular formula is C9H14O4. The highest BCUT2D eigenvalue weighted by molar-refractivity contribution is 5.94. The number of carbonyl (C=O) groups is 2. The van der Waals surface area contributed by atoms with Gasteiger partial charge in [-0.1, -0.05) is 0 Å². The number of ketones is 1. The summed E-state index contributed by atoms with van der Waals surface area (Å²) in [7, 11) is 0. The van der Waals surface area contributed by atoms with Gasteiger partial charge in [0.1, 0.15) is 24.2 Å². The molecule has 0 amide bonds. The van der Waals surface area contributed by atoms with E-state index in [9.17, 15) is 9.59 Å². The molecule has 0 aromatic carbocycles. The zero-order valence-corrected chi connectivity index (χ0v) is 8.12. The quantitative estimate of drug-likeness (QED) is 0.370. The lowest BCUT2D eigenvalue weighted by atomic mass is 10.3. The van der Waals surface area contributed by atoms with Crippen molar-refractivity contribution in [3.05, 3.63) is 12.0 Å². The average molecular weight is 186 g/mol. The first-order chi connectivity index (χ1) is 6.06. The van der Waals surface area contributed by atoms with Crippen molar-refractivity contribution in [1.82, 2.24) is 0 Å². The molecule has 0 fully saturated rings. The SMILES string of the molecule is CCOC=C(C)OC(=O)CC(C)=O. The smallest absolute Gasteiger partial charge is 0.318 e. The van der Waals surface area contributed by atoms with E-state index in [0.29, 0.717) is 12.4 Å². The molecule has 0 aromatic rings. The predicted molar refractivity (Wildman–Crippen MR) is 46.8 cm³/mol. The van der Waals surface area contributed by atoms with Crippen LogP contribution < -0.4 is 0 Å². The predicted octanol–water partition coefficient (Wildman–Crippen LogP) is 1.41. The van der Waals surface area contributed by atoms with Gasteiger partial charge in [-0.15, -0.1) is 0 Å². The first-order valence-electron chi connectivity index (χ1n) is 4.04. The van der Waals surface area contributed by atoms with Crippen LogP contribution in [0.25, 0.3) is 0 Å². The molecule has 0 aliphatic heterocycles.